The lowest BCUT2D eigenvalue weighted by atomic mass is 10.0. The van der Waals surface area contributed by atoms with E-state index < -0.39 is 18.2 Å². The summed E-state index contributed by atoms with van der Waals surface area (Å²) >= 11 is 0. The molecular weight excluding hydrogens is 310 g/mol. The van der Waals surface area contributed by atoms with Gasteiger partial charge in [-0.25, -0.2) is 9.69 Å². The highest BCUT2D eigenvalue weighted by Gasteiger charge is 2.55. The maximum atomic E-state index is 12.6. The van der Waals surface area contributed by atoms with Crippen molar-refractivity contribution in [2.75, 3.05) is 6.61 Å². The number of fused-ring (bicyclic) bond motifs is 1. The van der Waals surface area contributed by atoms with Crippen molar-refractivity contribution in [3.05, 3.63) is 59.9 Å². The highest BCUT2D eigenvalue weighted by Crippen LogP contribution is 2.41. The predicted molar refractivity (Wildman–Crippen MR) is 86.3 cm³/mol. The lowest BCUT2D eigenvalue weighted by Gasteiger charge is -2.39. The van der Waals surface area contributed by atoms with Crippen LogP contribution in [0.1, 0.15) is 18.4 Å². The van der Waals surface area contributed by atoms with E-state index in [0.29, 0.717) is 24.2 Å². The van der Waals surface area contributed by atoms with Gasteiger partial charge in [0.25, 0.3) is 0 Å². The Morgan fingerprint density at radius 2 is 2.17 bits per heavy atom. The van der Waals surface area contributed by atoms with Crippen LogP contribution < -0.4 is 0 Å². The van der Waals surface area contributed by atoms with Crippen LogP contribution in [-0.4, -0.2) is 46.2 Å². The second-order valence-corrected chi connectivity index (χ2v) is 5.85. The van der Waals surface area contributed by atoms with Crippen molar-refractivity contribution >= 4 is 5.97 Å². The number of hydrogen-bond acceptors (Lipinski definition) is 6. The molecule has 2 N–H and O–H groups in total. The predicted octanol–water partition coefficient (Wildman–Crippen LogP) is 1.30. The number of nitrogens with zero attached hydrogens (tertiary/aromatic N) is 1. The first-order chi connectivity index (χ1) is 11.7. The average molecular weight is 331 g/mol. The van der Waals surface area contributed by atoms with E-state index in [1.807, 2.05) is 30.3 Å². The first kappa shape index (κ1) is 16.7. The summed E-state index contributed by atoms with van der Waals surface area (Å²) in [5, 5.41) is 19.5. The lowest BCUT2D eigenvalue weighted by molar-refractivity contribution is -0.187. The largest absolute Gasteiger partial charge is 0.477 e. The van der Waals surface area contributed by atoms with Crippen LogP contribution in [0.3, 0.4) is 0 Å². The summed E-state index contributed by atoms with van der Waals surface area (Å²) in [4.78, 5) is 14.2. The third kappa shape index (κ3) is 3.08. The fourth-order valence-corrected chi connectivity index (χ4v) is 3.00. The summed E-state index contributed by atoms with van der Waals surface area (Å²) in [5.74, 6) is -0.123. The SMILES string of the molecule is C=CCC(CO)=C1OC2CC(O)N2C1C(=O)OCc1ccccc1. The van der Waals surface area contributed by atoms with Gasteiger partial charge in [-0.05, 0) is 17.6 Å². The standard InChI is InChI=1S/C18H21NO5/c1-2-6-13(10-20)17-16(19-14(21)9-15(19)24-17)18(22)23-11-12-7-4-3-5-8-12/h2-5,7-8,14-16,20-21H,1,6,9-11H2. The Labute approximate surface area is 140 Å². The van der Waals surface area contributed by atoms with E-state index in [9.17, 15) is 15.0 Å². The summed E-state index contributed by atoms with van der Waals surface area (Å²) in [6.45, 7) is 3.57. The van der Waals surface area contributed by atoms with Gasteiger partial charge in [0.1, 0.15) is 18.6 Å². The van der Waals surface area contributed by atoms with Crippen molar-refractivity contribution in [1.29, 1.82) is 0 Å². The number of aliphatic hydroxyl groups excluding tert-OH is 2. The Balaban J connectivity index is 1.78. The average Bonchev–Trinajstić information content (AvgIpc) is 2.91. The Hall–Kier alpha value is -2.15. The summed E-state index contributed by atoms with van der Waals surface area (Å²) in [5.41, 5.74) is 1.46. The van der Waals surface area contributed by atoms with Gasteiger partial charge in [-0.3, -0.25) is 0 Å². The van der Waals surface area contributed by atoms with Gasteiger partial charge in [0, 0.05) is 6.42 Å². The quantitative estimate of drug-likeness (QED) is 0.604. The number of allylic oxidation sites excluding steroid dienone is 1. The van der Waals surface area contributed by atoms with E-state index in [-0.39, 0.29) is 19.4 Å². The molecule has 3 atom stereocenters. The molecule has 0 aromatic heterocycles. The molecule has 0 spiro atoms. The number of carbonyl (C=O) groups excluding carboxylic acids is 1. The number of rotatable bonds is 6. The van der Waals surface area contributed by atoms with Crippen LogP contribution in [-0.2, 0) is 20.9 Å². The third-order valence-electron chi connectivity index (χ3n) is 4.28. The molecule has 0 aliphatic carbocycles. The number of hydrogen-bond donors (Lipinski definition) is 2. The Bertz CT molecular complexity index is 642. The van der Waals surface area contributed by atoms with Crippen molar-refractivity contribution in [1.82, 2.24) is 4.90 Å². The number of benzene rings is 1. The van der Waals surface area contributed by atoms with Crippen molar-refractivity contribution in [2.45, 2.75) is 37.9 Å². The maximum Gasteiger partial charge on any atom is 0.331 e. The van der Waals surface area contributed by atoms with Gasteiger partial charge in [0.15, 0.2) is 12.3 Å². The molecule has 1 aromatic carbocycles. The minimum Gasteiger partial charge on any atom is -0.477 e. The van der Waals surface area contributed by atoms with Gasteiger partial charge >= 0.3 is 5.97 Å². The Kier molecular flexibility index (Phi) is 4.99. The maximum absolute atomic E-state index is 12.6. The van der Waals surface area contributed by atoms with Crippen molar-refractivity contribution in [3.8, 4) is 0 Å². The zero-order chi connectivity index (χ0) is 17.1. The van der Waals surface area contributed by atoms with Crippen LogP contribution in [0.15, 0.2) is 54.3 Å². The van der Waals surface area contributed by atoms with Gasteiger partial charge in [-0.1, -0.05) is 36.4 Å². The summed E-state index contributed by atoms with van der Waals surface area (Å²) in [7, 11) is 0. The van der Waals surface area contributed by atoms with Gasteiger partial charge in [-0.15, -0.1) is 6.58 Å². The molecule has 3 unspecified atom stereocenters. The van der Waals surface area contributed by atoms with E-state index in [4.69, 9.17) is 9.47 Å². The van der Waals surface area contributed by atoms with Crippen molar-refractivity contribution < 1.29 is 24.5 Å². The minimum absolute atomic E-state index is 0.147. The Morgan fingerprint density at radius 1 is 1.42 bits per heavy atom. The van der Waals surface area contributed by atoms with Crippen molar-refractivity contribution in [2.24, 2.45) is 0 Å². The first-order valence-corrected chi connectivity index (χ1v) is 7.92. The summed E-state index contributed by atoms with van der Waals surface area (Å²) in [6.07, 6.45) is 1.38. The molecule has 2 fully saturated rings. The second kappa shape index (κ2) is 7.17. The molecule has 2 aliphatic rings. The Morgan fingerprint density at radius 3 is 2.79 bits per heavy atom. The van der Waals surface area contributed by atoms with E-state index >= 15 is 0 Å². The number of esters is 1. The molecule has 2 heterocycles. The van der Waals surface area contributed by atoms with Crippen LogP contribution in [0.5, 0.6) is 0 Å². The zero-order valence-electron chi connectivity index (χ0n) is 13.3. The number of ether oxygens (including phenoxy) is 2. The molecule has 128 valence electrons. The van der Waals surface area contributed by atoms with Crippen LogP contribution in [0.4, 0.5) is 0 Å². The van der Waals surface area contributed by atoms with Gasteiger partial charge in [0.05, 0.1) is 6.61 Å². The molecule has 1 aromatic rings. The monoisotopic (exact) mass is 331 g/mol. The van der Waals surface area contributed by atoms with E-state index in [1.54, 1.807) is 11.0 Å². The summed E-state index contributed by atoms with van der Waals surface area (Å²) < 4.78 is 11.2. The van der Waals surface area contributed by atoms with Crippen LogP contribution in [0.2, 0.25) is 0 Å². The zero-order valence-corrected chi connectivity index (χ0v) is 13.3. The smallest absolute Gasteiger partial charge is 0.331 e. The molecule has 0 saturated carbocycles. The highest BCUT2D eigenvalue weighted by atomic mass is 16.6. The fourth-order valence-electron chi connectivity index (χ4n) is 3.00. The topological polar surface area (TPSA) is 79.2 Å². The normalized spacial score (nSPS) is 27.7. The second-order valence-electron chi connectivity index (χ2n) is 5.85. The number of aliphatic hydroxyl groups is 2. The highest BCUT2D eigenvalue weighted by molar-refractivity contribution is 5.80. The molecule has 24 heavy (non-hydrogen) atoms. The molecule has 0 amide bonds. The molecular formula is C18H21NO5. The molecule has 2 saturated heterocycles. The fraction of sp³-hybridized carbons (Fsp3) is 0.389. The molecule has 6 nitrogen and oxygen atoms in total. The van der Waals surface area contributed by atoms with Crippen molar-refractivity contribution in [3.63, 3.8) is 0 Å². The third-order valence-corrected chi connectivity index (χ3v) is 4.28. The molecule has 6 heteroatoms. The van der Waals surface area contributed by atoms with Crippen LogP contribution in [0.25, 0.3) is 0 Å². The van der Waals surface area contributed by atoms with Crippen LogP contribution in [0, 0.1) is 0 Å². The minimum atomic E-state index is -0.829. The first-order valence-electron chi connectivity index (χ1n) is 7.92. The van der Waals surface area contributed by atoms with Crippen LogP contribution >= 0.6 is 0 Å². The molecule has 0 bridgehead atoms. The van der Waals surface area contributed by atoms with Gasteiger partial charge < -0.3 is 19.7 Å². The van der Waals surface area contributed by atoms with E-state index in [2.05, 4.69) is 6.58 Å². The van der Waals surface area contributed by atoms with E-state index in [1.165, 1.54) is 0 Å². The summed E-state index contributed by atoms with van der Waals surface area (Å²) in [6, 6.07) is 8.54. The molecule has 3 rings (SSSR count). The lowest BCUT2D eigenvalue weighted by Crippen LogP contribution is -2.58. The molecule has 0 radical (unpaired) electrons. The molecule has 2 aliphatic heterocycles. The van der Waals surface area contributed by atoms with Gasteiger partial charge in [0.2, 0.25) is 0 Å². The van der Waals surface area contributed by atoms with E-state index in [0.717, 1.165) is 5.56 Å². The van der Waals surface area contributed by atoms with Gasteiger partial charge in [-0.2, -0.15) is 0 Å². The number of carbonyl (C=O) groups is 1.